The SMILES string of the molecule is CC(C)(C)OC(=O)[C@H](CNC(=O)c1ccc(N2CCCC[C@H]2Nc2ncccn2)cc1C(F)(F)F)NS(=O)(=O)c1ccccc1. The zero-order chi connectivity index (χ0) is 32.8. The molecule has 11 nitrogen and oxygen atoms in total. The number of amides is 1. The topological polar surface area (TPSA) is 143 Å². The van der Waals surface area contributed by atoms with E-state index in [2.05, 4.69) is 25.3 Å². The number of hydrogen-bond acceptors (Lipinski definition) is 9. The van der Waals surface area contributed by atoms with Crippen molar-refractivity contribution >= 4 is 33.5 Å². The Balaban J connectivity index is 1.57. The van der Waals surface area contributed by atoms with Crippen LogP contribution in [0, 0.1) is 0 Å². The van der Waals surface area contributed by atoms with Crippen LogP contribution in [0.2, 0.25) is 0 Å². The summed E-state index contributed by atoms with van der Waals surface area (Å²) >= 11 is 0. The van der Waals surface area contributed by atoms with Gasteiger partial charge in [0.1, 0.15) is 17.8 Å². The number of alkyl halides is 3. The van der Waals surface area contributed by atoms with E-state index in [1.54, 1.807) is 50.2 Å². The number of esters is 1. The lowest BCUT2D eigenvalue weighted by atomic mass is 10.0. The number of ether oxygens (including phenoxy) is 1. The highest BCUT2D eigenvalue weighted by Crippen LogP contribution is 2.36. The van der Waals surface area contributed by atoms with Crippen LogP contribution >= 0.6 is 0 Å². The Bertz CT molecular complexity index is 1590. The largest absolute Gasteiger partial charge is 0.459 e. The minimum absolute atomic E-state index is 0.149. The number of benzene rings is 2. The predicted molar refractivity (Wildman–Crippen MR) is 161 cm³/mol. The van der Waals surface area contributed by atoms with Gasteiger partial charge in [-0.1, -0.05) is 18.2 Å². The molecule has 242 valence electrons. The molecular formula is C30H35F3N6O5S. The number of carbonyl (C=O) groups is 2. The van der Waals surface area contributed by atoms with Crippen molar-refractivity contribution in [3.63, 3.8) is 0 Å². The molecule has 0 spiro atoms. The van der Waals surface area contributed by atoms with Crippen LogP contribution in [0.5, 0.6) is 0 Å². The number of aromatic nitrogens is 2. The Morgan fingerprint density at radius 1 is 1.02 bits per heavy atom. The van der Waals surface area contributed by atoms with Crippen LogP contribution < -0.4 is 20.3 Å². The lowest BCUT2D eigenvalue weighted by Gasteiger charge is -2.38. The summed E-state index contributed by atoms with van der Waals surface area (Å²) in [4.78, 5) is 36.0. The van der Waals surface area contributed by atoms with Crippen LogP contribution in [-0.4, -0.2) is 61.2 Å². The van der Waals surface area contributed by atoms with E-state index in [-0.39, 0.29) is 16.7 Å². The van der Waals surface area contributed by atoms with Gasteiger partial charge in [-0.15, -0.1) is 0 Å². The Hall–Kier alpha value is -4.24. The molecular weight excluding hydrogens is 613 g/mol. The highest BCUT2D eigenvalue weighted by molar-refractivity contribution is 7.89. The maximum atomic E-state index is 14.3. The van der Waals surface area contributed by atoms with E-state index >= 15 is 0 Å². The van der Waals surface area contributed by atoms with E-state index in [1.807, 2.05) is 0 Å². The molecule has 1 aliphatic heterocycles. The molecule has 1 amide bonds. The van der Waals surface area contributed by atoms with Gasteiger partial charge in [0.05, 0.1) is 16.0 Å². The van der Waals surface area contributed by atoms with Crippen LogP contribution in [0.25, 0.3) is 0 Å². The van der Waals surface area contributed by atoms with Gasteiger partial charge in [0, 0.05) is 31.2 Å². The highest BCUT2D eigenvalue weighted by Gasteiger charge is 2.37. The second kappa shape index (κ2) is 13.8. The first-order valence-electron chi connectivity index (χ1n) is 14.2. The number of nitrogens with zero attached hydrogens (tertiary/aromatic N) is 3. The fourth-order valence-electron chi connectivity index (χ4n) is 4.75. The van der Waals surface area contributed by atoms with Crippen molar-refractivity contribution in [1.29, 1.82) is 0 Å². The summed E-state index contributed by atoms with van der Waals surface area (Å²) in [5, 5.41) is 5.44. The van der Waals surface area contributed by atoms with Crippen molar-refractivity contribution in [3.8, 4) is 0 Å². The van der Waals surface area contributed by atoms with Crippen LogP contribution in [-0.2, 0) is 25.7 Å². The Morgan fingerprint density at radius 2 is 1.71 bits per heavy atom. The number of rotatable bonds is 10. The van der Waals surface area contributed by atoms with E-state index in [0.29, 0.717) is 18.9 Å². The van der Waals surface area contributed by atoms with Crippen molar-refractivity contribution in [2.45, 2.75) is 68.9 Å². The molecule has 0 bridgehead atoms. The first kappa shape index (κ1) is 33.6. The molecule has 0 aliphatic carbocycles. The van der Waals surface area contributed by atoms with Crippen LogP contribution in [0.3, 0.4) is 0 Å². The van der Waals surface area contributed by atoms with Crippen molar-refractivity contribution < 1.29 is 35.9 Å². The van der Waals surface area contributed by atoms with Gasteiger partial charge in [-0.2, -0.15) is 17.9 Å². The molecule has 1 saturated heterocycles. The minimum atomic E-state index is -4.90. The summed E-state index contributed by atoms with van der Waals surface area (Å²) in [6.45, 7) is 4.50. The lowest BCUT2D eigenvalue weighted by Crippen LogP contribution is -2.50. The van der Waals surface area contributed by atoms with Gasteiger partial charge >= 0.3 is 12.1 Å². The number of nitrogens with one attached hydrogen (secondary N) is 3. The smallest absolute Gasteiger partial charge is 0.417 e. The van der Waals surface area contributed by atoms with E-state index in [1.165, 1.54) is 30.3 Å². The van der Waals surface area contributed by atoms with E-state index in [0.717, 1.165) is 25.0 Å². The van der Waals surface area contributed by atoms with Crippen LogP contribution in [0.4, 0.5) is 24.8 Å². The Labute approximate surface area is 259 Å². The fraction of sp³-hybridized carbons (Fsp3) is 0.400. The molecule has 4 rings (SSSR count). The second-order valence-corrected chi connectivity index (χ2v) is 13.1. The number of sulfonamides is 1. The summed E-state index contributed by atoms with van der Waals surface area (Å²) in [5.41, 5.74) is -2.64. The molecule has 45 heavy (non-hydrogen) atoms. The lowest BCUT2D eigenvalue weighted by molar-refractivity contribution is -0.156. The van der Waals surface area contributed by atoms with E-state index < -0.39 is 57.4 Å². The summed E-state index contributed by atoms with van der Waals surface area (Å²) in [6, 6.07) is 10.6. The van der Waals surface area contributed by atoms with Crippen LogP contribution in [0.1, 0.15) is 56.0 Å². The molecule has 3 N–H and O–H groups in total. The van der Waals surface area contributed by atoms with Gasteiger partial charge in [0.15, 0.2) is 0 Å². The molecule has 2 heterocycles. The standard InChI is InChI=1S/C30H35F3N6O5S/c1-29(2,3)44-27(41)24(38-45(42,43)21-10-5-4-6-11-21)19-36-26(40)22-14-13-20(18-23(22)30(31,32)33)39-17-8-7-12-25(39)37-28-34-15-9-16-35-28/h4-6,9-11,13-16,18,24-25,38H,7-8,12,17,19H2,1-3H3,(H,36,40)(H,34,35,37)/t24-,25-/m0/s1. The first-order chi connectivity index (χ1) is 21.1. The Kier molecular flexibility index (Phi) is 10.3. The van der Waals surface area contributed by atoms with Gasteiger partial charge < -0.3 is 20.3 Å². The van der Waals surface area contributed by atoms with Gasteiger partial charge in [-0.25, -0.2) is 18.4 Å². The Morgan fingerprint density at radius 3 is 2.36 bits per heavy atom. The van der Waals surface area contributed by atoms with Crippen molar-refractivity contribution in [1.82, 2.24) is 20.0 Å². The third kappa shape index (κ3) is 9.14. The highest BCUT2D eigenvalue weighted by atomic mass is 32.2. The minimum Gasteiger partial charge on any atom is -0.459 e. The monoisotopic (exact) mass is 648 g/mol. The van der Waals surface area contributed by atoms with E-state index in [4.69, 9.17) is 4.74 Å². The summed E-state index contributed by atoms with van der Waals surface area (Å²) in [7, 11) is -4.25. The molecule has 1 aromatic heterocycles. The number of carbonyl (C=O) groups excluding carboxylic acids is 2. The maximum absolute atomic E-state index is 14.3. The van der Waals surface area contributed by atoms with Gasteiger partial charge in [0.25, 0.3) is 5.91 Å². The molecule has 1 fully saturated rings. The molecule has 0 unspecified atom stereocenters. The number of piperidine rings is 1. The summed E-state index contributed by atoms with van der Waals surface area (Å²) in [6.07, 6.45) is 0.0584. The average Bonchev–Trinajstić information content (AvgIpc) is 2.99. The molecule has 2 aromatic carbocycles. The van der Waals surface area contributed by atoms with E-state index in [9.17, 15) is 31.2 Å². The molecule has 2 atom stereocenters. The zero-order valence-electron chi connectivity index (χ0n) is 25.0. The van der Waals surface area contributed by atoms with Crippen molar-refractivity contribution in [2.75, 3.05) is 23.3 Å². The first-order valence-corrected chi connectivity index (χ1v) is 15.7. The second-order valence-electron chi connectivity index (χ2n) is 11.4. The predicted octanol–water partition coefficient (Wildman–Crippen LogP) is 4.34. The number of halogens is 3. The zero-order valence-corrected chi connectivity index (χ0v) is 25.8. The third-order valence-corrected chi connectivity index (χ3v) is 8.25. The summed E-state index contributed by atoms with van der Waals surface area (Å²) < 4.78 is 76.4. The maximum Gasteiger partial charge on any atom is 0.417 e. The third-order valence-electron chi connectivity index (χ3n) is 6.76. The van der Waals surface area contributed by atoms with Gasteiger partial charge in [-0.05, 0) is 76.4 Å². The molecule has 0 radical (unpaired) electrons. The summed E-state index contributed by atoms with van der Waals surface area (Å²) in [5.74, 6) is -1.82. The molecule has 3 aromatic rings. The average molecular weight is 649 g/mol. The van der Waals surface area contributed by atoms with Crippen molar-refractivity contribution in [2.24, 2.45) is 0 Å². The quantitative estimate of drug-likeness (QED) is 0.274. The van der Waals surface area contributed by atoms with Crippen molar-refractivity contribution in [3.05, 3.63) is 78.1 Å². The molecule has 1 aliphatic rings. The van der Waals surface area contributed by atoms with Gasteiger partial charge in [-0.3, -0.25) is 9.59 Å². The van der Waals surface area contributed by atoms with Gasteiger partial charge in [0.2, 0.25) is 16.0 Å². The normalized spacial score (nSPS) is 16.5. The van der Waals surface area contributed by atoms with Crippen LogP contribution in [0.15, 0.2) is 71.9 Å². The fourth-order valence-corrected chi connectivity index (χ4v) is 5.95. The number of hydrogen-bond donors (Lipinski definition) is 3. The molecule has 15 heteroatoms. The molecule has 0 saturated carbocycles. The number of anilines is 2.